The van der Waals surface area contributed by atoms with Crippen LogP contribution in [0.5, 0.6) is 0 Å². The fraction of sp³-hybridized carbons (Fsp3) is 0.556. The van der Waals surface area contributed by atoms with Crippen molar-refractivity contribution in [1.82, 2.24) is 4.90 Å². The summed E-state index contributed by atoms with van der Waals surface area (Å²) >= 11 is 0. The van der Waals surface area contributed by atoms with E-state index in [4.69, 9.17) is 0 Å². The summed E-state index contributed by atoms with van der Waals surface area (Å²) in [4.78, 5) is 41.0. The minimum absolute atomic E-state index is 1.62. The van der Waals surface area contributed by atoms with Crippen LogP contribution >= 0.6 is 0 Å². The number of ether oxygens (including phenoxy) is 1. The molecular weight excluding hydrogens is 373 g/mol. The SMILES string of the molecule is O=C(CCOC(=O)C(F)(F)F)N(C(=O)C(F)(F)F)C(=O)C(F)(F)F. The molecular formula is C9H4F9NO5. The molecule has 0 spiro atoms. The maximum absolute atomic E-state index is 12.1. The predicted molar refractivity (Wildman–Crippen MR) is 50.6 cm³/mol. The third-order valence-electron chi connectivity index (χ3n) is 1.92. The zero-order chi connectivity index (χ0) is 19.5. The molecule has 0 aromatic heterocycles. The molecule has 24 heavy (non-hydrogen) atoms. The molecule has 0 saturated heterocycles. The predicted octanol–water partition coefficient (Wildman–Crippen LogP) is 1.49. The van der Waals surface area contributed by atoms with Gasteiger partial charge < -0.3 is 4.74 Å². The van der Waals surface area contributed by atoms with Crippen molar-refractivity contribution in [3.05, 3.63) is 0 Å². The van der Waals surface area contributed by atoms with Crippen molar-refractivity contribution in [3.8, 4) is 0 Å². The van der Waals surface area contributed by atoms with Crippen LogP contribution in [-0.2, 0) is 23.9 Å². The van der Waals surface area contributed by atoms with Crippen molar-refractivity contribution in [2.24, 2.45) is 0 Å². The molecule has 0 bridgehead atoms. The van der Waals surface area contributed by atoms with E-state index in [-0.39, 0.29) is 0 Å². The minimum atomic E-state index is -6.06. The molecule has 0 fully saturated rings. The van der Waals surface area contributed by atoms with Crippen molar-refractivity contribution in [2.75, 3.05) is 6.61 Å². The second-order valence-corrected chi connectivity index (χ2v) is 3.72. The number of amides is 3. The van der Waals surface area contributed by atoms with Crippen LogP contribution in [-0.4, -0.2) is 53.7 Å². The monoisotopic (exact) mass is 377 g/mol. The van der Waals surface area contributed by atoms with E-state index in [9.17, 15) is 58.7 Å². The van der Waals surface area contributed by atoms with Gasteiger partial charge in [0.15, 0.2) is 0 Å². The Morgan fingerprint density at radius 3 is 1.38 bits per heavy atom. The average molecular weight is 377 g/mol. The Morgan fingerprint density at radius 1 is 0.708 bits per heavy atom. The highest BCUT2D eigenvalue weighted by Crippen LogP contribution is 2.25. The van der Waals surface area contributed by atoms with E-state index in [1.807, 2.05) is 0 Å². The summed E-state index contributed by atoms with van der Waals surface area (Å²) in [6.07, 6.45) is -19.4. The van der Waals surface area contributed by atoms with Gasteiger partial charge in [0.25, 0.3) is 0 Å². The highest BCUT2D eigenvalue weighted by molar-refractivity contribution is 6.13. The van der Waals surface area contributed by atoms with Crippen molar-refractivity contribution in [3.63, 3.8) is 0 Å². The highest BCUT2D eigenvalue weighted by atomic mass is 19.4. The van der Waals surface area contributed by atoms with Gasteiger partial charge in [-0.05, 0) is 0 Å². The number of esters is 1. The van der Waals surface area contributed by atoms with Gasteiger partial charge in [0.05, 0.1) is 6.42 Å². The molecule has 0 aliphatic heterocycles. The molecule has 0 aliphatic rings. The summed E-state index contributed by atoms with van der Waals surface area (Å²) in [6, 6.07) is 0. The molecule has 0 N–H and O–H groups in total. The molecule has 0 heterocycles. The summed E-state index contributed by atoms with van der Waals surface area (Å²) in [6.45, 7) is -1.62. The molecule has 0 atom stereocenters. The van der Waals surface area contributed by atoms with Crippen molar-refractivity contribution in [1.29, 1.82) is 0 Å². The van der Waals surface area contributed by atoms with E-state index in [2.05, 4.69) is 4.74 Å². The summed E-state index contributed by atoms with van der Waals surface area (Å²) in [7, 11) is 0. The maximum atomic E-state index is 12.1. The highest BCUT2D eigenvalue weighted by Gasteiger charge is 2.54. The van der Waals surface area contributed by atoms with E-state index in [0.29, 0.717) is 0 Å². The van der Waals surface area contributed by atoms with E-state index < -0.39 is 60.1 Å². The fourth-order valence-electron chi connectivity index (χ4n) is 0.997. The molecule has 3 amide bonds. The second-order valence-electron chi connectivity index (χ2n) is 3.72. The van der Waals surface area contributed by atoms with Gasteiger partial charge in [-0.25, -0.2) is 9.69 Å². The van der Waals surface area contributed by atoms with E-state index >= 15 is 0 Å². The molecule has 0 aromatic rings. The van der Waals surface area contributed by atoms with Crippen LogP contribution < -0.4 is 0 Å². The van der Waals surface area contributed by atoms with Crippen LogP contribution in [0.2, 0.25) is 0 Å². The zero-order valence-corrected chi connectivity index (χ0v) is 10.8. The number of carbonyl (C=O) groups is 4. The van der Waals surface area contributed by atoms with E-state index in [1.165, 1.54) is 0 Å². The van der Waals surface area contributed by atoms with E-state index in [0.717, 1.165) is 0 Å². The first kappa shape index (κ1) is 21.6. The van der Waals surface area contributed by atoms with Crippen molar-refractivity contribution < 1.29 is 63.4 Å². The number of carbonyl (C=O) groups excluding carboxylic acids is 4. The number of nitrogens with zero attached hydrogens (tertiary/aromatic N) is 1. The van der Waals surface area contributed by atoms with Crippen LogP contribution in [0.3, 0.4) is 0 Å². The first-order valence-electron chi connectivity index (χ1n) is 5.28. The quantitative estimate of drug-likeness (QED) is 0.550. The Hall–Kier alpha value is -2.35. The van der Waals surface area contributed by atoms with Crippen LogP contribution in [0.25, 0.3) is 0 Å². The lowest BCUT2D eigenvalue weighted by Crippen LogP contribution is -2.53. The molecule has 6 nitrogen and oxygen atoms in total. The molecule has 0 rings (SSSR count). The van der Waals surface area contributed by atoms with Gasteiger partial charge in [0.2, 0.25) is 5.91 Å². The average Bonchev–Trinajstić information content (AvgIpc) is 2.35. The lowest BCUT2D eigenvalue weighted by molar-refractivity contribution is -0.206. The van der Waals surface area contributed by atoms with Crippen LogP contribution in [0, 0.1) is 0 Å². The fourth-order valence-corrected chi connectivity index (χ4v) is 0.997. The second kappa shape index (κ2) is 7.04. The molecule has 0 aliphatic carbocycles. The molecule has 0 unspecified atom stereocenters. The van der Waals surface area contributed by atoms with Crippen LogP contribution in [0.4, 0.5) is 39.5 Å². The summed E-state index contributed by atoms with van der Waals surface area (Å²) in [5.41, 5.74) is 0. The van der Waals surface area contributed by atoms with Crippen LogP contribution in [0.15, 0.2) is 0 Å². The van der Waals surface area contributed by atoms with Gasteiger partial charge in [-0.15, -0.1) is 0 Å². The van der Waals surface area contributed by atoms with Gasteiger partial charge in [0.1, 0.15) is 6.61 Å². The summed E-state index contributed by atoms with van der Waals surface area (Å²) < 4.78 is 111. The number of hydrogen-bond donors (Lipinski definition) is 0. The summed E-state index contributed by atoms with van der Waals surface area (Å²) in [5.74, 6) is -12.4. The molecule has 0 aromatic carbocycles. The van der Waals surface area contributed by atoms with Gasteiger partial charge in [-0.2, -0.15) is 39.5 Å². The third-order valence-corrected chi connectivity index (χ3v) is 1.92. The van der Waals surface area contributed by atoms with Crippen LogP contribution in [0.1, 0.15) is 6.42 Å². The van der Waals surface area contributed by atoms with Gasteiger partial charge in [0, 0.05) is 0 Å². The van der Waals surface area contributed by atoms with Gasteiger partial charge >= 0.3 is 36.3 Å². The first-order valence-corrected chi connectivity index (χ1v) is 5.28. The molecule has 15 heteroatoms. The number of alkyl halides is 9. The van der Waals surface area contributed by atoms with Gasteiger partial charge in [-0.1, -0.05) is 0 Å². The Morgan fingerprint density at radius 2 is 1.08 bits per heavy atom. The number of hydrogen-bond acceptors (Lipinski definition) is 5. The Bertz CT molecular complexity index is 507. The zero-order valence-electron chi connectivity index (χ0n) is 10.8. The number of imide groups is 3. The summed E-state index contributed by atoms with van der Waals surface area (Å²) in [5, 5.41) is 0. The Kier molecular flexibility index (Phi) is 6.35. The molecule has 138 valence electrons. The lowest BCUT2D eigenvalue weighted by Gasteiger charge is -2.21. The number of halogens is 9. The smallest absolute Gasteiger partial charge is 0.458 e. The first-order chi connectivity index (χ1) is 10.5. The van der Waals surface area contributed by atoms with Gasteiger partial charge in [-0.3, -0.25) is 14.4 Å². The Labute approximate surface area is 125 Å². The largest absolute Gasteiger partial charge is 0.490 e. The number of rotatable bonds is 3. The third kappa shape index (κ3) is 6.04. The normalized spacial score (nSPS) is 12.5. The minimum Gasteiger partial charge on any atom is -0.458 e. The standard InChI is InChI=1S/C9H4F9NO5/c10-7(11,12)4(21)19(5(22)8(13,14)15)3(20)1-2-24-6(23)9(16,17)18/h1-2H2. The lowest BCUT2D eigenvalue weighted by atomic mass is 10.3. The van der Waals surface area contributed by atoms with Crippen molar-refractivity contribution in [2.45, 2.75) is 24.9 Å². The topological polar surface area (TPSA) is 80.8 Å². The molecule has 0 saturated carbocycles. The Balaban J connectivity index is 5.19. The van der Waals surface area contributed by atoms with Crippen molar-refractivity contribution >= 4 is 23.7 Å². The van der Waals surface area contributed by atoms with E-state index in [1.54, 1.807) is 0 Å². The maximum Gasteiger partial charge on any atom is 0.490 e. The molecule has 0 radical (unpaired) electrons.